The van der Waals surface area contributed by atoms with Crippen molar-refractivity contribution >= 4 is 35.5 Å². The summed E-state index contributed by atoms with van der Waals surface area (Å²) in [6, 6.07) is 40.3. The maximum absolute atomic E-state index is 5.88. The van der Waals surface area contributed by atoms with E-state index in [9.17, 15) is 0 Å². The first-order valence-corrected chi connectivity index (χ1v) is 14.5. The molecular weight excluding hydrogens is 563 g/mol. The molecule has 0 spiro atoms. The van der Waals surface area contributed by atoms with Crippen LogP contribution in [0.4, 0.5) is 11.4 Å². The predicted octanol–water partition coefficient (Wildman–Crippen LogP) is 8.21. The second kappa shape index (κ2) is 12.7. The molecule has 9 heteroatoms. The summed E-state index contributed by atoms with van der Waals surface area (Å²) in [5, 5.41) is 0. The molecule has 0 aliphatic heterocycles. The van der Waals surface area contributed by atoms with E-state index in [0.717, 1.165) is 26.5 Å². The maximum atomic E-state index is 5.88. The average molecular weight is 588 g/mol. The third kappa shape index (κ3) is 6.83. The third-order valence-corrected chi connectivity index (χ3v) is 7.60. The molecule has 0 saturated heterocycles. The van der Waals surface area contributed by atoms with Gasteiger partial charge in [0.25, 0.3) is 0 Å². The molecule has 0 aliphatic rings. The molecule has 0 aliphatic carbocycles. The molecule has 6 rings (SSSR count). The number of hydrogen-bond donors (Lipinski definition) is 2. The van der Waals surface area contributed by atoms with Gasteiger partial charge in [0, 0.05) is 37.9 Å². The van der Waals surface area contributed by atoms with E-state index in [-0.39, 0.29) is 0 Å². The van der Waals surface area contributed by atoms with Crippen LogP contribution in [0.5, 0.6) is 11.5 Å². The van der Waals surface area contributed by atoms with Crippen LogP contribution in [-0.4, -0.2) is 15.0 Å². The van der Waals surface area contributed by atoms with Crippen molar-refractivity contribution in [1.82, 2.24) is 15.0 Å². The first kappa shape index (κ1) is 27.2. The molecule has 0 radical (unpaired) electrons. The number of nitrogen functional groups attached to an aromatic ring is 2. The number of benzene rings is 5. The zero-order chi connectivity index (χ0) is 28.7. The number of anilines is 2. The van der Waals surface area contributed by atoms with Gasteiger partial charge in [0.15, 0.2) is 17.5 Å². The van der Waals surface area contributed by atoms with Gasteiger partial charge in [0.2, 0.25) is 0 Å². The molecule has 0 saturated carbocycles. The molecule has 0 unspecified atom stereocenters. The van der Waals surface area contributed by atoms with Gasteiger partial charge in [0.1, 0.15) is 11.5 Å². The Hall–Kier alpha value is -4.99. The van der Waals surface area contributed by atoms with Crippen molar-refractivity contribution in [3.8, 4) is 45.7 Å². The summed E-state index contributed by atoms with van der Waals surface area (Å²) in [6.07, 6.45) is 0. The number of aromatic nitrogens is 3. The molecule has 0 fully saturated rings. The highest BCUT2D eigenvalue weighted by atomic mass is 32.2. The normalized spacial score (nSPS) is 10.8. The van der Waals surface area contributed by atoms with Crippen LogP contribution in [0, 0.1) is 0 Å². The summed E-state index contributed by atoms with van der Waals surface area (Å²) in [7, 11) is 0. The molecule has 7 nitrogen and oxygen atoms in total. The van der Waals surface area contributed by atoms with E-state index >= 15 is 0 Å². The summed E-state index contributed by atoms with van der Waals surface area (Å²) in [4.78, 5) is 16.3. The summed E-state index contributed by atoms with van der Waals surface area (Å²) in [5.74, 6) is 3.15. The lowest BCUT2D eigenvalue weighted by Gasteiger charge is -2.10. The minimum absolute atomic E-state index is 0.566. The van der Waals surface area contributed by atoms with Crippen molar-refractivity contribution in [2.24, 2.45) is 0 Å². The zero-order valence-corrected chi connectivity index (χ0v) is 23.9. The molecule has 206 valence electrons. The summed E-state index contributed by atoms with van der Waals surface area (Å²) in [6.45, 7) is 0. The lowest BCUT2D eigenvalue weighted by Crippen LogP contribution is -2.00. The molecule has 0 atom stereocenters. The van der Waals surface area contributed by atoms with Gasteiger partial charge in [-0.2, -0.15) is 0 Å². The van der Waals surface area contributed by atoms with Gasteiger partial charge in [-0.15, -0.1) is 0 Å². The Morgan fingerprint density at radius 2 is 0.762 bits per heavy atom. The Balaban J connectivity index is 1.23. The first-order chi connectivity index (χ1) is 20.6. The molecule has 0 bridgehead atoms. The molecule has 5 aromatic carbocycles. The summed E-state index contributed by atoms with van der Waals surface area (Å²) >= 11 is 2.55. The second-order valence-electron chi connectivity index (χ2n) is 9.19. The minimum atomic E-state index is 0.566. The Bertz CT molecular complexity index is 1660. The van der Waals surface area contributed by atoms with Crippen LogP contribution in [0.25, 0.3) is 34.2 Å². The fourth-order valence-corrected chi connectivity index (χ4v) is 5.01. The Morgan fingerprint density at radius 1 is 0.405 bits per heavy atom. The average Bonchev–Trinajstić information content (AvgIpc) is 3.05. The Labute approximate surface area is 252 Å². The lowest BCUT2D eigenvalue weighted by atomic mass is 10.1. The largest absolute Gasteiger partial charge is 0.421 e. The van der Waals surface area contributed by atoms with Crippen molar-refractivity contribution in [2.45, 2.75) is 9.79 Å². The Kier molecular flexibility index (Phi) is 8.21. The summed E-state index contributed by atoms with van der Waals surface area (Å²) < 4.78 is 11.8. The van der Waals surface area contributed by atoms with E-state index in [2.05, 4.69) is 0 Å². The monoisotopic (exact) mass is 587 g/mol. The lowest BCUT2D eigenvalue weighted by molar-refractivity contribution is 0.646. The fraction of sp³-hybridized carbons (Fsp3) is 0. The Morgan fingerprint density at radius 3 is 1.14 bits per heavy atom. The van der Waals surface area contributed by atoms with Crippen molar-refractivity contribution in [3.63, 3.8) is 0 Å². The molecule has 6 aromatic rings. The van der Waals surface area contributed by atoms with Crippen LogP contribution in [0.3, 0.4) is 0 Å². The van der Waals surface area contributed by atoms with Crippen molar-refractivity contribution in [3.05, 3.63) is 127 Å². The highest BCUT2D eigenvalue weighted by molar-refractivity contribution is 7.95. The number of nitrogens with zero attached hydrogens (tertiary/aromatic N) is 3. The fourth-order valence-electron chi connectivity index (χ4n) is 3.91. The van der Waals surface area contributed by atoms with Crippen LogP contribution in [0.1, 0.15) is 0 Å². The van der Waals surface area contributed by atoms with Crippen LogP contribution >= 0.6 is 24.1 Å². The van der Waals surface area contributed by atoms with E-state index in [1.807, 2.05) is 127 Å². The molecule has 1 aromatic heterocycles. The van der Waals surface area contributed by atoms with Gasteiger partial charge in [-0.05, 0) is 97.1 Å². The molecule has 4 N–H and O–H groups in total. The zero-order valence-electron chi connectivity index (χ0n) is 22.3. The second-order valence-corrected chi connectivity index (χ2v) is 10.8. The van der Waals surface area contributed by atoms with E-state index in [4.69, 9.17) is 34.8 Å². The van der Waals surface area contributed by atoms with Gasteiger partial charge >= 0.3 is 0 Å². The van der Waals surface area contributed by atoms with E-state index in [1.54, 1.807) is 0 Å². The molecule has 0 amide bonds. The van der Waals surface area contributed by atoms with Gasteiger partial charge in [0.05, 0.1) is 24.1 Å². The van der Waals surface area contributed by atoms with Crippen LogP contribution in [-0.2, 0) is 0 Å². The first-order valence-electron chi connectivity index (χ1n) is 13.0. The quantitative estimate of drug-likeness (QED) is 0.128. The smallest absolute Gasteiger partial charge is 0.164 e. The van der Waals surface area contributed by atoms with Crippen LogP contribution in [0.15, 0.2) is 137 Å². The van der Waals surface area contributed by atoms with Gasteiger partial charge in [-0.25, -0.2) is 15.0 Å². The van der Waals surface area contributed by atoms with Crippen LogP contribution < -0.4 is 19.8 Å². The van der Waals surface area contributed by atoms with Crippen molar-refractivity contribution in [2.75, 3.05) is 11.5 Å². The highest BCUT2D eigenvalue weighted by Gasteiger charge is 2.13. The molecular formula is C33H25N5O2S2. The van der Waals surface area contributed by atoms with E-state index in [0.29, 0.717) is 40.3 Å². The van der Waals surface area contributed by atoms with Crippen molar-refractivity contribution in [1.29, 1.82) is 0 Å². The standard InChI is InChI=1S/C33H25N5O2S2/c34-25-10-18-29(19-11-25)41-39-27-14-6-23(7-15-27)32-36-31(22-4-2-1-3-5-22)37-33(38-32)24-8-16-28(17-9-24)40-42-30-20-12-26(35)13-21-30/h1-21H,34-35H2. The maximum Gasteiger partial charge on any atom is 0.164 e. The molecule has 1 heterocycles. The van der Waals surface area contributed by atoms with Gasteiger partial charge in [-0.3, -0.25) is 0 Å². The molecule has 42 heavy (non-hydrogen) atoms. The number of hydrogen-bond acceptors (Lipinski definition) is 9. The van der Waals surface area contributed by atoms with E-state index < -0.39 is 0 Å². The van der Waals surface area contributed by atoms with Gasteiger partial charge in [-0.1, -0.05) is 30.3 Å². The predicted molar refractivity (Wildman–Crippen MR) is 171 cm³/mol. The van der Waals surface area contributed by atoms with Crippen molar-refractivity contribution < 1.29 is 8.37 Å². The number of rotatable bonds is 9. The van der Waals surface area contributed by atoms with E-state index in [1.165, 1.54) is 24.1 Å². The minimum Gasteiger partial charge on any atom is -0.421 e. The summed E-state index contributed by atoms with van der Waals surface area (Å²) in [5.41, 5.74) is 15.6. The van der Waals surface area contributed by atoms with Crippen LogP contribution in [0.2, 0.25) is 0 Å². The van der Waals surface area contributed by atoms with Gasteiger partial charge < -0.3 is 19.8 Å². The highest BCUT2D eigenvalue weighted by Crippen LogP contribution is 2.30. The number of nitrogens with two attached hydrogens (primary N) is 2. The SMILES string of the molecule is Nc1ccc(SOc2ccc(-c3nc(-c4ccccc4)nc(-c4ccc(OSc5ccc(N)cc5)cc4)n3)cc2)cc1. The topological polar surface area (TPSA) is 109 Å². The third-order valence-electron chi connectivity index (χ3n) is 6.12.